The Morgan fingerprint density at radius 1 is 0.399 bits per heavy atom. The Bertz CT molecular complexity index is 7860. The maximum Gasteiger partial charge on any atom is 0.510 e. The Labute approximate surface area is 874 Å². The number of hydrogen-bond donors (Lipinski definition) is 3. The summed E-state index contributed by atoms with van der Waals surface area (Å²) in [5.41, 5.74) is 6.46. The van der Waals surface area contributed by atoms with Crippen LogP contribution in [0.25, 0.3) is 0 Å². The van der Waals surface area contributed by atoms with E-state index in [0.29, 0.717) is 86.2 Å². The van der Waals surface area contributed by atoms with Crippen molar-refractivity contribution in [1.82, 2.24) is 38.3 Å². The third kappa shape index (κ3) is 15.6. The number of carbonyl (C=O) groups excluding carboxylic acids is 5. The first-order chi connectivity index (χ1) is 71.8. The van der Waals surface area contributed by atoms with Crippen molar-refractivity contribution < 1.29 is 86.0 Å². The van der Waals surface area contributed by atoms with Crippen molar-refractivity contribution in [2.24, 2.45) is 0 Å². The molecule has 758 valence electrons. The van der Waals surface area contributed by atoms with Crippen LogP contribution in [0.3, 0.4) is 0 Å². The average Bonchev–Trinajstić information content (AvgIpc) is 1.53. The maximum absolute atomic E-state index is 15.4. The molecule has 8 aromatic carbocycles. The number of morpholine rings is 4. The molecule has 148 heavy (non-hydrogen) atoms. The molecule has 0 unspecified atom stereocenters. The zero-order chi connectivity index (χ0) is 102. The van der Waals surface area contributed by atoms with E-state index < -0.39 is 129 Å². The number of benzene rings is 8. The van der Waals surface area contributed by atoms with E-state index in [1.807, 2.05) is 112 Å². The highest BCUT2D eigenvalue weighted by Crippen LogP contribution is 2.58. The van der Waals surface area contributed by atoms with Gasteiger partial charge >= 0.3 is 6.16 Å². The molecule has 3 N–H and O–H groups in total. The highest BCUT2D eigenvalue weighted by molar-refractivity contribution is 7.99. The number of thioether (sulfide) groups is 4. The first kappa shape index (κ1) is 95.9. The van der Waals surface area contributed by atoms with Gasteiger partial charge in [0.15, 0.2) is 51.7 Å². The molecule has 4 amide bonds. The monoisotopic (exact) mass is 2130 g/mol. The number of rotatable bonds is 7. The highest BCUT2D eigenvalue weighted by atomic mass is 35.5. The number of ether oxygens (including phenoxy) is 8. The Morgan fingerprint density at radius 2 is 0.777 bits per heavy atom. The van der Waals surface area contributed by atoms with Crippen LogP contribution >= 0.6 is 81.9 Å². The summed E-state index contributed by atoms with van der Waals surface area (Å²) >= 11 is 27.3. The molecule has 0 radical (unpaired) electrons. The fourth-order valence-corrected chi connectivity index (χ4v) is 28.4. The number of nitrogens with zero attached hydrogens (tertiary/aromatic N) is 12. The minimum absolute atomic E-state index is 0.00934. The molecule has 0 bridgehead atoms. The third-order valence-electron chi connectivity index (χ3n) is 30.7. The number of amides is 4. The molecular formula is C107H91Cl3F2N12O20S4. The normalized spacial score (nSPS) is 23.1. The minimum Gasteiger partial charge on any atom is -0.502 e. The van der Waals surface area contributed by atoms with Gasteiger partial charge in [-0.25, -0.2) is 13.6 Å². The molecule has 4 spiro atoms. The van der Waals surface area contributed by atoms with Crippen molar-refractivity contribution in [3.05, 3.63) is 370 Å². The van der Waals surface area contributed by atoms with Crippen molar-refractivity contribution in [2.45, 2.75) is 152 Å². The lowest BCUT2D eigenvalue weighted by atomic mass is 9.92. The standard InChI is InChI=1S/C29H25F2N3O7S.C26H22ClN3O5S.2C26H22ClN3O4S/c1-38-28(37)41-15-40-26-20(35)8-11-32-25(26)27(36)33-22(12-39-14-29(33)9-10-29)34(32)24-16-6-7-19(30)23(31)18(16)13-42-21-5-3-2-4-17(21)24;27-17-6-3-4-15-11-36-19-7-2-1-5-16(19)22(21(15)17)30-20-10-35-26(13-34-14-26)12-28(20)25(33)23-24(32)18(31)8-9-29(23)30;27-17-6-3-4-15-13-35-19-7-2-1-5-16(19)22(21(15)17)30-20-12-34-26(9-10-26)14-28(20)25(33)23-24(32)18(31)8-11-29(23)30;27-17-6-3-4-15-13-35-19-7-2-1-5-16(19)22(21(15)17)30-20-12-34-14-26(9-10-26)29(20)25(33)23-24(32)18(31)8-11-28(23)30/h2-8,11,22,24H,9-10,12-15H2,1H3;1-9,20,22,32H,10-14H2;2*1-8,11,20,22,32H,9-10,12-14H2/t22-,24+;3*20-,22-/m1111/s1. The first-order valence-corrected chi connectivity index (χ1v) is 53.4. The van der Waals surface area contributed by atoms with Crippen LogP contribution < -0.4 is 46.5 Å². The molecule has 12 aromatic rings. The highest BCUT2D eigenvalue weighted by Gasteiger charge is 2.64. The van der Waals surface area contributed by atoms with E-state index >= 15 is 4.39 Å². The second-order valence-corrected chi connectivity index (χ2v) is 44.4. The molecule has 17 heterocycles. The Balaban J connectivity index is 0.000000103. The number of fused-ring (bicyclic) bond motifs is 18. The smallest absolute Gasteiger partial charge is 0.502 e. The molecule has 41 heteroatoms. The topological polar surface area (TPSA) is 334 Å². The minimum atomic E-state index is -1.02. The molecular weight excluding hydrogens is 2050 g/mol. The van der Waals surface area contributed by atoms with Crippen LogP contribution in [0.1, 0.15) is 171 Å². The van der Waals surface area contributed by atoms with Crippen molar-refractivity contribution in [1.29, 1.82) is 0 Å². The average molecular weight is 2140 g/mol. The predicted molar refractivity (Wildman–Crippen MR) is 544 cm³/mol. The van der Waals surface area contributed by atoms with E-state index in [0.717, 1.165) is 131 Å². The summed E-state index contributed by atoms with van der Waals surface area (Å²) in [6, 6.07) is 55.9. The van der Waals surface area contributed by atoms with Gasteiger partial charge in [0.2, 0.25) is 34.3 Å². The molecule has 32 nitrogen and oxygen atoms in total. The van der Waals surface area contributed by atoms with Gasteiger partial charge in [-0.15, -0.1) is 47.0 Å². The van der Waals surface area contributed by atoms with Gasteiger partial charge in [0.05, 0.1) is 95.8 Å². The number of aromatic hydroxyl groups is 3. The van der Waals surface area contributed by atoms with Crippen LogP contribution in [0.2, 0.25) is 15.1 Å². The van der Waals surface area contributed by atoms with E-state index in [9.17, 15) is 62.9 Å². The second-order valence-electron chi connectivity index (χ2n) is 39.1. The molecule has 4 aromatic heterocycles. The van der Waals surface area contributed by atoms with Gasteiger partial charge in [0, 0.05) is 129 Å². The lowest BCUT2D eigenvalue weighted by Crippen LogP contribution is -2.73. The lowest BCUT2D eigenvalue weighted by Gasteiger charge is -2.57. The van der Waals surface area contributed by atoms with Crippen LogP contribution in [-0.4, -0.2) is 210 Å². The van der Waals surface area contributed by atoms with Gasteiger partial charge in [-0.05, 0) is 132 Å². The number of hydrogen-bond acceptors (Lipinski definition) is 28. The number of halogens is 5. The quantitative estimate of drug-likeness (QED) is 0.0985. The third-order valence-corrected chi connectivity index (χ3v) is 36.3. The van der Waals surface area contributed by atoms with Crippen molar-refractivity contribution in [2.75, 3.05) is 99.9 Å². The zero-order valence-electron chi connectivity index (χ0n) is 78.8. The van der Waals surface area contributed by atoms with Crippen LogP contribution in [0, 0.1) is 11.6 Å². The summed E-state index contributed by atoms with van der Waals surface area (Å²) in [4.78, 5) is 129. The van der Waals surface area contributed by atoms with Gasteiger partial charge in [-0.2, -0.15) is 0 Å². The SMILES string of the molecule is COC(=O)OCOc1c2n(ccc1=O)N([C@@H]1c3ccccc3SCc3c1ccc(F)c3F)[C@@H]1COCC3(CC3)N1C2=O.O=C1c2c(O)c(=O)ccn2N([C@@H]2c3ccccc3SCc3cccc(Cl)c32)[C@@H]2COC3(CC3)CN12.O=C1c2c(O)c(=O)ccn2N([C@@H]2c3ccccc3SCc3cccc(Cl)c32)[C@@H]2COC3(COC3)CN12.O=C1c2c(O)c(=O)ccn2N([C@@H]2c3ccccc3SCc3cccc(Cl)c32)[C@@H]2COCC3(CC3)N12. The summed E-state index contributed by atoms with van der Waals surface area (Å²) in [6.45, 7) is 2.66. The summed E-state index contributed by atoms with van der Waals surface area (Å²) in [7, 11) is 1.13. The van der Waals surface area contributed by atoms with Crippen molar-refractivity contribution in [3.63, 3.8) is 0 Å². The molecule has 13 aliphatic heterocycles. The zero-order valence-corrected chi connectivity index (χ0v) is 84.4. The Kier molecular flexibility index (Phi) is 24.0. The van der Waals surface area contributed by atoms with Crippen LogP contribution in [0.15, 0.2) is 252 Å². The first-order valence-electron chi connectivity index (χ1n) is 48.3. The van der Waals surface area contributed by atoms with E-state index in [1.54, 1.807) is 88.7 Å². The molecule has 3 aliphatic carbocycles. The number of carbonyl (C=O) groups is 5. The summed E-state index contributed by atoms with van der Waals surface area (Å²) in [5, 5.41) is 42.4. The van der Waals surface area contributed by atoms with E-state index in [1.165, 1.54) is 46.9 Å². The van der Waals surface area contributed by atoms with Gasteiger partial charge < -0.3 is 72.8 Å². The summed E-state index contributed by atoms with van der Waals surface area (Å²) in [6.07, 6.45) is 8.01. The van der Waals surface area contributed by atoms with Crippen molar-refractivity contribution in [3.8, 4) is 23.0 Å². The summed E-state index contributed by atoms with van der Waals surface area (Å²) < 4.78 is 81.4. The fourth-order valence-electron chi connectivity index (χ4n) is 23.2. The molecule has 5 saturated heterocycles. The van der Waals surface area contributed by atoms with Crippen LogP contribution in [0.4, 0.5) is 13.6 Å². The molecule has 16 aliphatic rings. The maximum atomic E-state index is 15.4. The number of aromatic nitrogens is 4. The van der Waals surface area contributed by atoms with Crippen LogP contribution in [0.5, 0.6) is 23.0 Å². The predicted octanol–water partition coefficient (Wildman–Crippen LogP) is 14.8. The van der Waals surface area contributed by atoms with E-state index in [2.05, 4.69) is 69.4 Å². The van der Waals surface area contributed by atoms with Gasteiger partial charge in [0.1, 0.15) is 48.4 Å². The Hall–Kier alpha value is -13.0. The largest absolute Gasteiger partial charge is 0.510 e. The molecule has 28 rings (SSSR count). The second kappa shape index (κ2) is 37.1. The van der Waals surface area contributed by atoms with E-state index in [-0.39, 0.29) is 82.6 Å². The Morgan fingerprint density at radius 3 is 1.20 bits per heavy atom. The van der Waals surface area contributed by atoms with E-state index in [4.69, 9.17) is 68.0 Å². The number of methoxy groups -OCH3 is 1. The molecule has 3 saturated carbocycles. The summed E-state index contributed by atoms with van der Waals surface area (Å²) in [5.74, 6) is -2.89. The number of pyridine rings is 4. The molecule has 8 atom stereocenters. The van der Waals surface area contributed by atoms with Gasteiger partial charge in [0.25, 0.3) is 23.6 Å². The van der Waals surface area contributed by atoms with Gasteiger partial charge in [-0.1, -0.05) is 150 Å². The van der Waals surface area contributed by atoms with Crippen molar-refractivity contribution >= 4 is 112 Å². The van der Waals surface area contributed by atoms with Crippen LogP contribution in [-0.2, 0) is 56.2 Å². The lowest BCUT2D eigenvalue weighted by molar-refractivity contribution is -0.245. The fraction of sp³-hybridized carbons (Fsp3) is 0.318. The molecule has 8 fully saturated rings. The van der Waals surface area contributed by atoms with Gasteiger partial charge in [-0.3, -0.25) is 77.1 Å².